The van der Waals surface area contributed by atoms with Gasteiger partial charge in [-0.2, -0.15) is 0 Å². The molecule has 1 unspecified atom stereocenters. The van der Waals surface area contributed by atoms with Crippen LogP contribution < -0.4 is 0 Å². The van der Waals surface area contributed by atoms with Crippen LogP contribution in [0.3, 0.4) is 0 Å². The average molecular weight is 299 g/mol. The van der Waals surface area contributed by atoms with E-state index in [1.165, 1.54) is 5.69 Å². The smallest absolute Gasteiger partial charge is 0.151 e. The van der Waals surface area contributed by atoms with Gasteiger partial charge < -0.3 is 9.67 Å². The second-order valence-electron chi connectivity index (χ2n) is 3.95. The summed E-state index contributed by atoms with van der Waals surface area (Å²) in [6.07, 6.45) is 1.47. The molecule has 16 heavy (non-hydrogen) atoms. The highest BCUT2D eigenvalue weighted by Gasteiger charge is 2.23. The first-order valence-electron chi connectivity index (χ1n) is 5.22. The molecular formula is C11H11BrN2OS. The third-order valence-electron chi connectivity index (χ3n) is 2.87. The largest absolute Gasteiger partial charge is 0.391 e. The van der Waals surface area contributed by atoms with Crippen LogP contribution in [0.4, 0.5) is 0 Å². The number of nitrogens with zero attached hydrogens (tertiary/aromatic N) is 2. The highest BCUT2D eigenvalue weighted by atomic mass is 79.9. The van der Waals surface area contributed by atoms with Crippen molar-refractivity contribution in [3.8, 4) is 10.7 Å². The van der Waals surface area contributed by atoms with Crippen molar-refractivity contribution >= 4 is 27.3 Å². The molecule has 0 fully saturated rings. The number of aliphatic hydroxyl groups is 1. The number of halogens is 1. The third-order valence-corrected chi connectivity index (χ3v) is 4.37. The second-order valence-corrected chi connectivity index (χ2v) is 5.65. The zero-order valence-electron chi connectivity index (χ0n) is 8.56. The standard InChI is InChI=1S/C11H11BrN2OS/c12-10-8-4-3-7(15)6-14(8)11(13-10)9-2-1-5-16-9/h1-2,5,7,15H,3-4,6H2. The number of hydrogen-bond acceptors (Lipinski definition) is 3. The summed E-state index contributed by atoms with van der Waals surface area (Å²) in [4.78, 5) is 5.70. The van der Waals surface area contributed by atoms with Gasteiger partial charge in [-0.3, -0.25) is 0 Å². The van der Waals surface area contributed by atoms with Crippen molar-refractivity contribution in [3.05, 3.63) is 27.8 Å². The van der Waals surface area contributed by atoms with Crippen LogP contribution in [0.15, 0.2) is 22.1 Å². The fourth-order valence-electron chi connectivity index (χ4n) is 2.09. The first-order valence-corrected chi connectivity index (χ1v) is 6.90. The average Bonchev–Trinajstić information content (AvgIpc) is 2.86. The topological polar surface area (TPSA) is 38.1 Å². The predicted molar refractivity (Wildman–Crippen MR) is 67.6 cm³/mol. The van der Waals surface area contributed by atoms with Crippen LogP contribution in [0.2, 0.25) is 0 Å². The van der Waals surface area contributed by atoms with E-state index in [1.807, 2.05) is 11.4 Å². The summed E-state index contributed by atoms with van der Waals surface area (Å²) in [5, 5.41) is 11.8. The van der Waals surface area contributed by atoms with Gasteiger partial charge in [-0.05, 0) is 40.2 Å². The van der Waals surface area contributed by atoms with Gasteiger partial charge in [0.15, 0.2) is 5.82 Å². The molecule has 0 spiro atoms. The van der Waals surface area contributed by atoms with Crippen molar-refractivity contribution in [2.24, 2.45) is 0 Å². The van der Waals surface area contributed by atoms with E-state index in [9.17, 15) is 5.11 Å². The minimum Gasteiger partial charge on any atom is -0.391 e. The molecule has 0 bridgehead atoms. The molecule has 2 aromatic heterocycles. The van der Waals surface area contributed by atoms with Gasteiger partial charge in [-0.15, -0.1) is 11.3 Å². The molecule has 2 aromatic rings. The monoisotopic (exact) mass is 298 g/mol. The SMILES string of the molecule is OC1CCc2c(Br)nc(-c3cccs3)n2C1. The first kappa shape index (κ1) is 10.5. The van der Waals surface area contributed by atoms with Crippen molar-refractivity contribution in [3.63, 3.8) is 0 Å². The number of imidazole rings is 1. The van der Waals surface area contributed by atoms with E-state index in [2.05, 4.69) is 31.5 Å². The van der Waals surface area contributed by atoms with Crippen molar-refractivity contribution in [1.29, 1.82) is 0 Å². The summed E-state index contributed by atoms with van der Waals surface area (Å²) in [5.74, 6) is 0.968. The Kier molecular flexibility index (Phi) is 2.61. The van der Waals surface area contributed by atoms with Crippen molar-refractivity contribution in [1.82, 2.24) is 9.55 Å². The highest BCUT2D eigenvalue weighted by molar-refractivity contribution is 9.10. The van der Waals surface area contributed by atoms with E-state index in [0.29, 0.717) is 6.54 Å². The van der Waals surface area contributed by atoms with Crippen LogP contribution in [-0.4, -0.2) is 20.8 Å². The Balaban J connectivity index is 2.13. The van der Waals surface area contributed by atoms with Crippen LogP contribution in [0.25, 0.3) is 10.7 Å². The van der Waals surface area contributed by atoms with E-state index in [-0.39, 0.29) is 6.10 Å². The van der Waals surface area contributed by atoms with E-state index in [1.54, 1.807) is 11.3 Å². The van der Waals surface area contributed by atoms with Crippen LogP contribution in [-0.2, 0) is 13.0 Å². The maximum Gasteiger partial charge on any atom is 0.151 e. The molecular weight excluding hydrogens is 288 g/mol. The van der Waals surface area contributed by atoms with E-state index in [0.717, 1.165) is 28.1 Å². The lowest BCUT2D eigenvalue weighted by Gasteiger charge is -2.21. The van der Waals surface area contributed by atoms with Crippen LogP contribution >= 0.6 is 27.3 Å². The van der Waals surface area contributed by atoms with Crippen LogP contribution in [0, 0.1) is 0 Å². The molecule has 1 N–H and O–H groups in total. The van der Waals surface area contributed by atoms with Gasteiger partial charge in [0.05, 0.1) is 23.2 Å². The minimum atomic E-state index is -0.243. The second kappa shape index (κ2) is 3.98. The Labute approximate surface area is 106 Å². The summed E-state index contributed by atoms with van der Waals surface area (Å²) in [6.45, 7) is 0.654. The predicted octanol–water partition coefficient (Wildman–Crippen LogP) is 2.68. The van der Waals surface area contributed by atoms with Crippen molar-refractivity contribution in [2.45, 2.75) is 25.5 Å². The molecule has 0 aliphatic carbocycles. The Hall–Kier alpha value is -0.650. The summed E-state index contributed by atoms with van der Waals surface area (Å²) in [7, 11) is 0. The quantitative estimate of drug-likeness (QED) is 0.879. The van der Waals surface area contributed by atoms with Gasteiger partial charge in [-0.25, -0.2) is 4.98 Å². The maximum atomic E-state index is 9.73. The lowest BCUT2D eigenvalue weighted by Crippen LogP contribution is -2.24. The van der Waals surface area contributed by atoms with E-state index in [4.69, 9.17) is 0 Å². The third kappa shape index (κ3) is 1.63. The van der Waals surface area contributed by atoms with Crippen molar-refractivity contribution in [2.75, 3.05) is 0 Å². The summed E-state index contributed by atoms with van der Waals surface area (Å²) in [6, 6.07) is 4.09. The molecule has 5 heteroatoms. The molecule has 0 saturated carbocycles. The zero-order valence-corrected chi connectivity index (χ0v) is 11.0. The number of aliphatic hydroxyl groups excluding tert-OH is 1. The van der Waals surface area contributed by atoms with Gasteiger partial charge in [0.1, 0.15) is 4.60 Å². The Morgan fingerprint density at radius 3 is 3.19 bits per heavy atom. The minimum absolute atomic E-state index is 0.243. The van der Waals surface area contributed by atoms with Crippen molar-refractivity contribution < 1.29 is 5.11 Å². The molecule has 1 aliphatic rings. The lowest BCUT2D eigenvalue weighted by molar-refractivity contribution is 0.132. The van der Waals surface area contributed by atoms with Gasteiger partial charge in [0.25, 0.3) is 0 Å². The normalized spacial score (nSPS) is 19.8. The molecule has 3 nitrogen and oxygen atoms in total. The molecule has 3 heterocycles. The van der Waals surface area contributed by atoms with Gasteiger partial charge >= 0.3 is 0 Å². The summed E-state index contributed by atoms with van der Waals surface area (Å²) >= 11 is 5.18. The van der Waals surface area contributed by atoms with Gasteiger partial charge in [-0.1, -0.05) is 6.07 Å². The van der Waals surface area contributed by atoms with Gasteiger partial charge in [0, 0.05) is 0 Å². The number of aromatic nitrogens is 2. The van der Waals surface area contributed by atoms with Crippen LogP contribution in [0.1, 0.15) is 12.1 Å². The molecule has 1 atom stereocenters. The number of hydrogen-bond donors (Lipinski definition) is 1. The lowest BCUT2D eigenvalue weighted by atomic mass is 10.1. The molecule has 84 valence electrons. The molecule has 0 saturated heterocycles. The molecule has 0 amide bonds. The van der Waals surface area contributed by atoms with Gasteiger partial charge in [0.2, 0.25) is 0 Å². The zero-order chi connectivity index (χ0) is 11.1. The Morgan fingerprint density at radius 1 is 1.56 bits per heavy atom. The Bertz CT molecular complexity index is 506. The summed E-state index contributed by atoms with van der Waals surface area (Å²) < 4.78 is 3.05. The maximum absolute atomic E-state index is 9.73. The number of thiophene rings is 1. The summed E-state index contributed by atoms with van der Waals surface area (Å²) in [5.41, 5.74) is 1.20. The van der Waals surface area contributed by atoms with E-state index < -0.39 is 0 Å². The molecule has 0 radical (unpaired) electrons. The molecule has 1 aliphatic heterocycles. The fourth-order valence-corrected chi connectivity index (χ4v) is 3.39. The fraction of sp³-hybridized carbons (Fsp3) is 0.364. The first-order chi connectivity index (χ1) is 7.75. The number of fused-ring (bicyclic) bond motifs is 1. The number of rotatable bonds is 1. The van der Waals surface area contributed by atoms with Crippen LogP contribution in [0.5, 0.6) is 0 Å². The molecule has 0 aromatic carbocycles. The molecule has 3 rings (SSSR count). The van der Waals surface area contributed by atoms with E-state index >= 15 is 0 Å². The highest BCUT2D eigenvalue weighted by Crippen LogP contribution is 2.32. The Morgan fingerprint density at radius 2 is 2.44 bits per heavy atom.